The topological polar surface area (TPSA) is 62.7 Å². The number of nitriles is 1. The van der Waals surface area contributed by atoms with Crippen LogP contribution in [-0.2, 0) is 0 Å². The van der Waals surface area contributed by atoms with Crippen molar-refractivity contribution < 1.29 is 0 Å². The monoisotopic (exact) mass is 339 g/mol. The van der Waals surface area contributed by atoms with Crippen LogP contribution in [0.4, 0.5) is 5.82 Å². The van der Waals surface area contributed by atoms with Crippen LogP contribution in [0, 0.1) is 25.2 Å². The number of nitrogens with zero attached hydrogens (tertiary/aromatic N) is 2. The molecular formula is C18H14ClN3S. The molecule has 0 aliphatic rings. The molecule has 0 fully saturated rings. The lowest BCUT2D eigenvalue weighted by Gasteiger charge is -2.14. The second-order valence-corrected chi connectivity index (χ2v) is 6.63. The summed E-state index contributed by atoms with van der Waals surface area (Å²) in [6.07, 6.45) is 0. The van der Waals surface area contributed by atoms with Crippen molar-refractivity contribution >= 4 is 28.8 Å². The Morgan fingerprint density at radius 1 is 1.26 bits per heavy atom. The summed E-state index contributed by atoms with van der Waals surface area (Å²) in [5.74, 6) is 0.246. The Morgan fingerprint density at radius 3 is 2.65 bits per heavy atom. The zero-order valence-electron chi connectivity index (χ0n) is 12.7. The van der Waals surface area contributed by atoms with E-state index in [9.17, 15) is 5.26 Å². The highest BCUT2D eigenvalue weighted by molar-refractivity contribution is 7.13. The highest BCUT2D eigenvalue weighted by Gasteiger charge is 2.20. The zero-order valence-corrected chi connectivity index (χ0v) is 14.3. The van der Waals surface area contributed by atoms with Crippen molar-refractivity contribution in [2.45, 2.75) is 13.8 Å². The molecule has 3 aromatic rings. The molecule has 1 aromatic carbocycles. The number of nitrogens with two attached hydrogens (primary N) is 1. The highest BCUT2D eigenvalue weighted by atomic mass is 35.5. The lowest BCUT2D eigenvalue weighted by atomic mass is 9.95. The maximum atomic E-state index is 9.53. The van der Waals surface area contributed by atoms with E-state index in [0.717, 1.165) is 32.8 Å². The first-order valence-corrected chi connectivity index (χ1v) is 8.29. The fourth-order valence-electron chi connectivity index (χ4n) is 2.64. The van der Waals surface area contributed by atoms with Gasteiger partial charge in [0.15, 0.2) is 0 Å². The van der Waals surface area contributed by atoms with Crippen LogP contribution in [0.25, 0.3) is 21.7 Å². The third kappa shape index (κ3) is 2.70. The molecule has 0 unspecified atom stereocenters. The lowest BCUT2D eigenvalue weighted by Crippen LogP contribution is -2.03. The number of pyridine rings is 1. The molecule has 3 rings (SSSR count). The Hall–Kier alpha value is -2.35. The van der Waals surface area contributed by atoms with Gasteiger partial charge in [-0.25, -0.2) is 4.98 Å². The van der Waals surface area contributed by atoms with Crippen molar-refractivity contribution in [3.63, 3.8) is 0 Å². The summed E-state index contributed by atoms with van der Waals surface area (Å²) in [6, 6.07) is 11.7. The summed E-state index contributed by atoms with van der Waals surface area (Å²) >= 11 is 7.70. The molecule has 0 aliphatic carbocycles. The minimum Gasteiger partial charge on any atom is -0.383 e. The van der Waals surface area contributed by atoms with E-state index in [0.29, 0.717) is 10.6 Å². The number of aryl methyl sites for hydroxylation is 1. The van der Waals surface area contributed by atoms with Gasteiger partial charge in [-0.05, 0) is 48.6 Å². The molecule has 0 radical (unpaired) electrons. The molecule has 2 aromatic heterocycles. The average molecular weight is 340 g/mol. The van der Waals surface area contributed by atoms with Gasteiger partial charge in [0, 0.05) is 21.0 Å². The molecule has 23 heavy (non-hydrogen) atoms. The zero-order chi connectivity index (χ0) is 16.6. The Kier molecular flexibility index (Phi) is 4.08. The van der Waals surface area contributed by atoms with Crippen molar-refractivity contribution in [1.29, 1.82) is 5.26 Å². The number of benzene rings is 1. The van der Waals surface area contributed by atoms with Gasteiger partial charge < -0.3 is 5.73 Å². The molecule has 0 saturated heterocycles. The van der Waals surface area contributed by atoms with Crippen LogP contribution in [0.3, 0.4) is 0 Å². The van der Waals surface area contributed by atoms with Crippen molar-refractivity contribution in [3.05, 3.63) is 57.4 Å². The SMILES string of the molecule is Cc1ccsc1-c1c(C)c(-c2cccc(Cl)c2)nc(N)c1C#N. The van der Waals surface area contributed by atoms with Crippen LogP contribution in [0.2, 0.25) is 5.02 Å². The van der Waals surface area contributed by atoms with Gasteiger partial charge in [0.2, 0.25) is 0 Å². The predicted molar refractivity (Wildman–Crippen MR) is 96.6 cm³/mol. The predicted octanol–water partition coefficient (Wildman–Crippen LogP) is 5.20. The van der Waals surface area contributed by atoms with Crippen LogP contribution >= 0.6 is 22.9 Å². The van der Waals surface area contributed by atoms with Crippen LogP contribution < -0.4 is 5.73 Å². The van der Waals surface area contributed by atoms with E-state index in [2.05, 4.69) is 11.1 Å². The molecule has 114 valence electrons. The van der Waals surface area contributed by atoms with Gasteiger partial charge in [0.05, 0.1) is 5.69 Å². The summed E-state index contributed by atoms with van der Waals surface area (Å²) < 4.78 is 0. The van der Waals surface area contributed by atoms with Crippen molar-refractivity contribution in [2.75, 3.05) is 5.73 Å². The number of anilines is 1. The third-order valence-electron chi connectivity index (χ3n) is 3.77. The summed E-state index contributed by atoms with van der Waals surface area (Å²) in [5.41, 5.74) is 11.1. The maximum absolute atomic E-state index is 9.53. The Morgan fingerprint density at radius 2 is 2.04 bits per heavy atom. The van der Waals surface area contributed by atoms with Gasteiger partial charge in [0.25, 0.3) is 0 Å². The standard InChI is InChI=1S/C18H14ClN3S/c1-10-6-7-23-17(10)15-11(2)16(22-18(21)14(15)9-20)12-4-3-5-13(19)8-12/h3-8H,1-2H3,(H2,21,22). The molecule has 5 heteroatoms. The number of hydrogen-bond donors (Lipinski definition) is 1. The summed E-state index contributed by atoms with van der Waals surface area (Å²) in [6.45, 7) is 4.00. The van der Waals surface area contributed by atoms with Gasteiger partial charge in [-0.1, -0.05) is 23.7 Å². The van der Waals surface area contributed by atoms with Gasteiger partial charge in [-0.2, -0.15) is 5.26 Å². The van der Waals surface area contributed by atoms with Crippen LogP contribution in [0.15, 0.2) is 35.7 Å². The fourth-order valence-corrected chi connectivity index (χ4v) is 3.86. The number of nitrogen functional groups attached to an aromatic ring is 1. The van der Waals surface area contributed by atoms with E-state index in [1.54, 1.807) is 11.3 Å². The summed E-state index contributed by atoms with van der Waals surface area (Å²) in [4.78, 5) is 5.51. The highest BCUT2D eigenvalue weighted by Crippen LogP contribution is 2.39. The Labute approximate surface area is 144 Å². The molecule has 0 bridgehead atoms. The summed E-state index contributed by atoms with van der Waals surface area (Å²) in [5, 5.41) is 12.2. The number of rotatable bonds is 2. The van der Waals surface area contributed by atoms with E-state index in [1.807, 2.05) is 49.6 Å². The first kappa shape index (κ1) is 15.5. The van der Waals surface area contributed by atoms with Gasteiger partial charge in [0.1, 0.15) is 17.5 Å². The van der Waals surface area contributed by atoms with E-state index < -0.39 is 0 Å². The van der Waals surface area contributed by atoms with Crippen LogP contribution in [0.1, 0.15) is 16.7 Å². The van der Waals surface area contributed by atoms with E-state index in [4.69, 9.17) is 17.3 Å². The molecule has 2 N–H and O–H groups in total. The van der Waals surface area contributed by atoms with Crippen molar-refractivity contribution in [3.8, 4) is 27.8 Å². The molecule has 0 spiro atoms. The maximum Gasteiger partial charge on any atom is 0.142 e. The van der Waals surface area contributed by atoms with Crippen LogP contribution in [-0.4, -0.2) is 4.98 Å². The van der Waals surface area contributed by atoms with Gasteiger partial charge in [-0.15, -0.1) is 11.3 Å². The molecule has 0 aliphatic heterocycles. The Balaban J connectivity index is 2.36. The third-order valence-corrected chi connectivity index (χ3v) is 5.04. The lowest BCUT2D eigenvalue weighted by molar-refractivity contribution is 1.26. The van der Waals surface area contributed by atoms with Crippen LogP contribution in [0.5, 0.6) is 0 Å². The molecule has 0 amide bonds. The van der Waals surface area contributed by atoms with E-state index in [-0.39, 0.29) is 5.82 Å². The molecule has 0 saturated carbocycles. The minimum absolute atomic E-state index is 0.246. The first-order chi connectivity index (χ1) is 11.0. The molecular weight excluding hydrogens is 326 g/mol. The smallest absolute Gasteiger partial charge is 0.142 e. The van der Waals surface area contributed by atoms with E-state index >= 15 is 0 Å². The Bertz CT molecular complexity index is 938. The molecule has 0 atom stereocenters. The largest absolute Gasteiger partial charge is 0.383 e. The van der Waals surface area contributed by atoms with E-state index in [1.165, 1.54) is 0 Å². The minimum atomic E-state index is 0.246. The number of halogens is 1. The number of aromatic nitrogens is 1. The second-order valence-electron chi connectivity index (χ2n) is 5.28. The van der Waals surface area contributed by atoms with Gasteiger partial charge >= 0.3 is 0 Å². The van der Waals surface area contributed by atoms with Crippen molar-refractivity contribution in [1.82, 2.24) is 4.98 Å². The van der Waals surface area contributed by atoms with Crippen molar-refractivity contribution in [2.24, 2.45) is 0 Å². The van der Waals surface area contributed by atoms with Gasteiger partial charge in [-0.3, -0.25) is 0 Å². The molecule has 2 heterocycles. The molecule has 3 nitrogen and oxygen atoms in total. The number of hydrogen-bond acceptors (Lipinski definition) is 4. The quantitative estimate of drug-likeness (QED) is 0.697. The normalized spacial score (nSPS) is 10.5. The number of thiophene rings is 1. The second kappa shape index (κ2) is 6.04. The average Bonchev–Trinajstić information content (AvgIpc) is 2.94. The fraction of sp³-hybridized carbons (Fsp3) is 0.111. The summed E-state index contributed by atoms with van der Waals surface area (Å²) in [7, 11) is 0. The first-order valence-electron chi connectivity index (χ1n) is 7.03.